The third-order valence-corrected chi connectivity index (χ3v) is 5.89. The van der Waals surface area contributed by atoms with Gasteiger partial charge in [-0.15, -0.1) is 0 Å². The zero-order valence-corrected chi connectivity index (χ0v) is 18.8. The molecule has 0 aliphatic carbocycles. The number of aliphatic hydroxyl groups is 1. The number of likely N-dealkylation sites (tertiary alicyclic amines) is 1. The van der Waals surface area contributed by atoms with Gasteiger partial charge in [0.1, 0.15) is 11.4 Å². The molecular formula is C21H19F3IN3O4. The number of amides is 1. The maximum absolute atomic E-state index is 14.6. The number of hydrogen-bond donors (Lipinski definition) is 2. The number of nitrogens with zero attached hydrogens (tertiary/aromatic N) is 2. The molecule has 32 heavy (non-hydrogen) atoms. The summed E-state index contributed by atoms with van der Waals surface area (Å²) < 4.78 is 43.3. The zero-order chi connectivity index (χ0) is 23.6. The predicted octanol–water partition coefficient (Wildman–Crippen LogP) is 3.34. The molecule has 0 spiro atoms. The van der Waals surface area contributed by atoms with Gasteiger partial charge in [-0.05, 0) is 65.3 Å². The molecule has 170 valence electrons. The number of β-amino-alcohol motifs (C(OH)–C–C–N with tert-alkyl or cyclic N) is 1. The summed E-state index contributed by atoms with van der Waals surface area (Å²) in [5, 5.41) is 20.9. The molecule has 1 amide bonds. The van der Waals surface area contributed by atoms with Crippen molar-refractivity contribution >= 4 is 28.5 Å². The summed E-state index contributed by atoms with van der Waals surface area (Å²) in [6.07, 6.45) is 0.462. The Bertz CT molecular complexity index is 1100. The van der Waals surface area contributed by atoms with Gasteiger partial charge in [0.25, 0.3) is 12.1 Å². The van der Waals surface area contributed by atoms with Gasteiger partial charge < -0.3 is 15.7 Å². The minimum atomic E-state index is -1.30. The fourth-order valence-corrected chi connectivity index (χ4v) is 3.99. The largest absolute Gasteiger partial charge is 0.397 e. The summed E-state index contributed by atoms with van der Waals surface area (Å²) in [7, 11) is 0. The number of carbonyl (C=O) groups excluding carboxylic acids is 1. The van der Waals surface area contributed by atoms with Crippen LogP contribution in [0.4, 0.5) is 13.2 Å². The van der Waals surface area contributed by atoms with E-state index in [1.165, 1.54) is 17.0 Å². The quantitative estimate of drug-likeness (QED) is 0.306. The Labute approximate surface area is 195 Å². The predicted molar refractivity (Wildman–Crippen MR) is 118 cm³/mol. The van der Waals surface area contributed by atoms with Gasteiger partial charge in [-0.1, -0.05) is 6.07 Å². The smallest absolute Gasteiger partial charge is 0.254 e. The van der Waals surface area contributed by atoms with E-state index >= 15 is 0 Å². The van der Waals surface area contributed by atoms with Crippen LogP contribution in [0, 0.1) is 31.1 Å². The summed E-state index contributed by atoms with van der Waals surface area (Å²) in [4.78, 5) is 23.9. The van der Waals surface area contributed by atoms with Gasteiger partial charge in [0.15, 0.2) is 11.6 Å². The number of hydrogen-bond acceptors (Lipinski definition) is 5. The van der Waals surface area contributed by atoms with E-state index in [4.69, 9.17) is 5.73 Å². The molecule has 3 N–H and O–H groups in total. The van der Waals surface area contributed by atoms with Crippen molar-refractivity contribution in [3.05, 3.63) is 90.1 Å². The Hall–Kier alpha value is -2.67. The first-order chi connectivity index (χ1) is 15.0. The van der Waals surface area contributed by atoms with Crippen molar-refractivity contribution in [3.8, 4) is 0 Å². The van der Waals surface area contributed by atoms with Crippen LogP contribution in [0.5, 0.6) is 0 Å². The molecule has 1 fully saturated rings. The molecule has 0 atom stereocenters. The van der Waals surface area contributed by atoms with E-state index in [1.807, 2.05) is 22.6 Å². The minimum Gasteiger partial charge on any atom is -0.397 e. The molecule has 0 bridgehead atoms. The van der Waals surface area contributed by atoms with E-state index < -0.39 is 33.9 Å². The van der Waals surface area contributed by atoms with E-state index in [9.17, 15) is 33.2 Å². The van der Waals surface area contributed by atoms with Crippen LogP contribution in [0.3, 0.4) is 0 Å². The highest BCUT2D eigenvalue weighted by Crippen LogP contribution is 2.30. The Morgan fingerprint density at radius 3 is 2.56 bits per heavy atom. The summed E-state index contributed by atoms with van der Waals surface area (Å²) in [6, 6.07) is 6.28. The van der Waals surface area contributed by atoms with Gasteiger partial charge >= 0.3 is 0 Å². The van der Waals surface area contributed by atoms with E-state index in [1.54, 1.807) is 6.07 Å². The number of nitro groups is 1. The molecule has 0 unspecified atom stereocenters. The molecule has 1 saturated heterocycles. The second-order valence-electron chi connectivity index (χ2n) is 7.67. The lowest BCUT2D eigenvalue weighted by atomic mass is 9.87. The van der Waals surface area contributed by atoms with Crippen molar-refractivity contribution in [2.75, 3.05) is 13.1 Å². The Morgan fingerprint density at radius 2 is 1.94 bits per heavy atom. The molecule has 2 aromatic rings. The van der Waals surface area contributed by atoms with Crippen molar-refractivity contribution in [1.82, 2.24) is 4.90 Å². The third kappa shape index (κ3) is 5.38. The lowest BCUT2D eigenvalue weighted by Gasteiger charge is -2.46. The number of allylic oxidation sites excluding steroid dienone is 1. The van der Waals surface area contributed by atoms with Gasteiger partial charge in [0.2, 0.25) is 0 Å². The van der Waals surface area contributed by atoms with Crippen LogP contribution < -0.4 is 5.73 Å². The molecule has 0 radical (unpaired) electrons. The van der Waals surface area contributed by atoms with Crippen LogP contribution in [-0.2, 0) is 6.42 Å². The molecule has 2 aromatic carbocycles. The Morgan fingerprint density at radius 1 is 1.25 bits per heavy atom. The van der Waals surface area contributed by atoms with E-state index in [0.29, 0.717) is 9.77 Å². The molecular weight excluding hydrogens is 542 g/mol. The second kappa shape index (κ2) is 9.45. The second-order valence-corrected chi connectivity index (χ2v) is 8.92. The van der Waals surface area contributed by atoms with Gasteiger partial charge in [0.05, 0.1) is 23.7 Å². The Balaban J connectivity index is 1.76. The summed E-state index contributed by atoms with van der Waals surface area (Å²) in [6.45, 7) is -0.207. The zero-order valence-electron chi connectivity index (χ0n) is 16.7. The van der Waals surface area contributed by atoms with E-state index in [2.05, 4.69) is 0 Å². The lowest BCUT2D eigenvalue weighted by Crippen LogP contribution is -2.63. The average Bonchev–Trinajstić information content (AvgIpc) is 2.68. The molecule has 0 aromatic heterocycles. The molecule has 11 heteroatoms. The lowest BCUT2D eigenvalue weighted by molar-refractivity contribution is -0.403. The first kappa shape index (κ1) is 24.0. The Kier molecular flexibility index (Phi) is 7.08. The fourth-order valence-electron chi connectivity index (χ4n) is 3.53. The van der Waals surface area contributed by atoms with Crippen molar-refractivity contribution in [3.63, 3.8) is 0 Å². The van der Waals surface area contributed by atoms with Crippen LogP contribution >= 0.6 is 22.6 Å². The highest BCUT2D eigenvalue weighted by atomic mass is 127. The van der Waals surface area contributed by atoms with Crippen molar-refractivity contribution < 1.29 is 28.0 Å². The van der Waals surface area contributed by atoms with Crippen LogP contribution in [0.2, 0.25) is 0 Å². The summed E-state index contributed by atoms with van der Waals surface area (Å²) in [5.41, 5.74) is 3.90. The number of benzene rings is 2. The number of nitrogens with two attached hydrogens (primary N) is 1. The molecule has 3 rings (SSSR count). The normalized spacial score (nSPS) is 15.4. The maximum atomic E-state index is 14.6. The summed E-state index contributed by atoms with van der Waals surface area (Å²) in [5.74, 6) is -3.63. The van der Waals surface area contributed by atoms with E-state index in [0.717, 1.165) is 12.1 Å². The molecule has 0 saturated carbocycles. The van der Waals surface area contributed by atoms with Crippen LogP contribution in [0.25, 0.3) is 0 Å². The van der Waals surface area contributed by atoms with Gasteiger partial charge in [-0.3, -0.25) is 14.9 Å². The van der Waals surface area contributed by atoms with Crippen LogP contribution in [0.15, 0.2) is 42.2 Å². The third-order valence-electron chi connectivity index (χ3n) is 5.22. The molecule has 1 aliphatic rings. The number of carbonyl (C=O) groups is 1. The van der Waals surface area contributed by atoms with Gasteiger partial charge in [0, 0.05) is 21.1 Å². The van der Waals surface area contributed by atoms with Crippen molar-refractivity contribution in [2.45, 2.75) is 24.9 Å². The maximum Gasteiger partial charge on any atom is 0.254 e. The van der Waals surface area contributed by atoms with Gasteiger partial charge in [-0.2, -0.15) is 0 Å². The average molecular weight is 561 g/mol. The highest BCUT2D eigenvalue weighted by molar-refractivity contribution is 14.1. The van der Waals surface area contributed by atoms with E-state index in [-0.39, 0.29) is 54.7 Å². The first-order valence-corrected chi connectivity index (χ1v) is 10.6. The van der Waals surface area contributed by atoms with Crippen LogP contribution in [-0.4, -0.2) is 39.5 Å². The topological polar surface area (TPSA) is 110 Å². The fraction of sp³-hybridized carbons (Fsp3) is 0.286. The minimum absolute atomic E-state index is 0.0179. The first-order valence-electron chi connectivity index (χ1n) is 9.51. The number of halogens is 4. The SMILES string of the molecule is N/C(=C\[N+](=O)[O-])CCC1(O)CN(C(=O)c2ccc(F)c(F)c2Cc2ccc(I)cc2F)C1. The van der Waals surface area contributed by atoms with Crippen molar-refractivity contribution in [1.29, 1.82) is 0 Å². The van der Waals surface area contributed by atoms with Crippen LogP contribution in [0.1, 0.15) is 34.3 Å². The number of rotatable bonds is 7. The monoisotopic (exact) mass is 561 g/mol. The van der Waals surface area contributed by atoms with Gasteiger partial charge in [-0.25, -0.2) is 13.2 Å². The molecule has 1 aliphatic heterocycles. The highest BCUT2D eigenvalue weighted by Gasteiger charge is 2.44. The standard InChI is InChI=1S/C21H19F3IN3O4/c22-17-4-3-15(16(19(17)24)7-12-1-2-13(25)8-18(12)23)20(29)27-10-21(30,11-27)6-5-14(26)9-28(31)32/h1-4,8-9,30H,5-7,10-11,26H2/b14-9-. The molecule has 1 heterocycles. The van der Waals surface area contributed by atoms with Crippen molar-refractivity contribution in [2.24, 2.45) is 5.73 Å². The summed E-state index contributed by atoms with van der Waals surface area (Å²) >= 11 is 1.92. The molecule has 7 nitrogen and oxygen atoms in total.